The summed E-state index contributed by atoms with van der Waals surface area (Å²) in [6.45, 7) is 12.9. The first kappa shape index (κ1) is 29.4. The summed E-state index contributed by atoms with van der Waals surface area (Å²) in [5, 5.41) is 23.7. The number of phenolic OH excluding ortho intramolecular Hbond substituents is 1. The number of unbranched alkanes of at least 4 members (excludes halogenated alkanes) is 1. The molecule has 0 spiro atoms. The number of allylic oxidation sites excluding steroid dienone is 2. The van der Waals surface area contributed by atoms with E-state index in [4.69, 9.17) is 10.5 Å². The number of ether oxygens (including phenoxy) is 1. The lowest BCUT2D eigenvalue weighted by molar-refractivity contribution is 0.221. The van der Waals surface area contributed by atoms with Crippen molar-refractivity contribution in [2.45, 2.75) is 72.8 Å². The van der Waals surface area contributed by atoms with Crippen LogP contribution in [0.1, 0.15) is 70.9 Å². The Balaban J connectivity index is 0.00000222. The van der Waals surface area contributed by atoms with E-state index in [1.807, 2.05) is 26.0 Å². The molecule has 0 radical (unpaired) electrons. The van der Waals surface area contributed by atoms with Gasteiger partial charge in [-0.25, -0.2) is 0 Å². The molecule has 0 atom stereocenters. The summed E-state index contributed by atoms with van der Waals surface area (Å²) < 4.78 is 5.84. The molecule has 0 unspecified atom stereocenters. The van der Waals surface area contributed by atoms with E-state index in [1.54, 1.807) is 18.2 Å². The third-order valence-electron chi connectivity index (χ3n) is 6.04. The summed E-state index contributed by atoms with van der Waals surface area (Å²) in [5.41, 5.74) is 10.00. The number of benzene rings is 2. The van der Waals surface area contributed by atoms with Gasteiger partial charge in [-0.1, -0.05) is 40.2 Å². The Kier molecular flexibility index (Phi) is 13.1. The zero-order valence-electron chi connectivity index (χ0n) is 22.7. The van der Waals surface area contributed by atoms with Crippen molar-refractivity contribution in [3.8, 4) is 11.5 Å². The standard InChI is InChI=1S/C28H41N3O3.C2H6/c1-21(2)20-34-28-12-10-25(33)18-23(28)17-24(32)8-4-5-13-30-27-16-22(9-11-26(27)29)19-31-14-6-3-7-15-31;1-2/h8-12,16,18,21,30,32-33H,3-7,13-15,17,19-20,29H2,1-2H3;1-2H3/b24-8-;. The van der Waals surface area contributed by atoms with Crippen LogP contribution in [0.3, 0.4) is 0 Å². The Morgan fingerprint density at radius 2 is 1.86 bits per heavy atom. The highest BCUT2D eigenvalue weighted by Gasteiger charge is 2.11. The Morgan fingerprint density at radius 3 is 2.58 bits per heavy atom. The van der Waals surface area contributed by atoms with Gasteiger partial charge in [-0.05, 0) is 86.7 Å². The van der Waals surface area contributed by atoms with Crippen molar-refractivity contribution in [2.75, 3.05) is 37.3 Å². The number of nitrogens with one attached hydrogen (secondary N) is 1. The summed E-state index contributed by atoms with van der Waals surface area (Å²) in [6, 6.07) is 11.3. The quantitative estimate of drug-likeness (QED) is 0.145. The smallest absolute Gasteiger partial charge is 0.123 e. The third kappa shape index (κ3) is 10.4. The monoisotopic (exact) mass is 497 g/mol. The van der Waals surface area contributed by atoms with Crippen molar-refractivity contribution < 1.29 is 14.9 Å². The van der Waals surface area contributed by atoms with Crippen LogP contribution in [0.4, 0.5) is 11.4 Å². The summed E-state index contributed by atoms with van der Waals surface area (Å²) in [7, 11) is 0. The fraction of sp³-hybridized carbons (Fsp3) is 0.533. The van der Waals surface area contributed by atoms with Gasteiger partial charge in [0.05, 0.1) is 23.7 Å². The second kappa shape index (κ2) is 16.0. The largest absolute Gasteiger partial charge is 0.512 e. The number of nitrogens with two attached hydrogens (primary N) is 1. The van der Waals surface area contributed by atoms with Crippen LogP contribution in [0.25, 0.3) is 0 Å². The van der Waals surface area contributed by atoms with Gasteiger partial charge in [-0.2, -0.15) is 0 Å². The van der Waals surface area contributed by atoms with Crippen LogP contribution in [-0.2, 0) is 13.0 Å². The minimum absolute atomic E-state index is 0.170. The maximum atomic E-state index is 10.4. The first-order valence-corrected chi connectivity index (χ1v) is 13.6. The number of nitrogen functional groups attached to an aromatic ring is 1. The van der Waals surface area contributed by atoms with Crippen molar-refractivity contribution in [2.24, 2.45) is 5.92 Å². The van der Waals surface area contributed by atoms with Gasteiger partial charge in [0.15, 0.2) is 0 Å². The molecule has 0 bridgehead atoms. The van der Waals surface area contributed by atoms with Crippen LogP contribution >= 0.6 is 0 Å². The molecule has 0 amide bonds. The van der Waals surface area contributed by atoms with E-state index in [1.165, 1.54) is 37.9 Å². The molecule has 2 aromatic carbocycles. The maximum Gasteiger partial charge on any atom is 0.123 e. The Hall–Kier alpha value is -2.86. The second-order valence-corrected chi connectivity index (χ2v) is 9.70. The van der Waals surface area contributed by atoms with Crippen molar-refractivity contribution >= 4 is 11.4 Å². The molecule has 0 aromatic heterocycles. The van der Waals surface area contributed by atoms with Crippen molar-refractivity contribution in [3.05, 3.63) is 59.4 Å². The zero-order chi connectivity index (χ0) is 26.3. The number of likely N-dealkylation sites (tertiary alicyclic amines) is 1. The average molecular weight is 498 g/mol. The van der Waals surface area contributed by atoms with Crippen LogP contribution < -0.4 is 15.8 Å². The molecule has 0 saturated carbocycles. The van der Waals surface area contributed by atoms with Crippen LogP contribution in [0, 0.1) is 5.92 Å². The number of nitrogens with zero attached hydrogens (tertiary/aromatic N) is 1. The number of aliphatic hydroxyl groups excluding tert-OH is 1. The van der Waals surface area contributed by atoms with Crippen molar-refractivity contribution in [1.82, 2.24) is 4.90 Å². The SMILES string of the molecule is CC.CC(C)COc1ccc(O)cc1C/C(O)=C/CCCNc1cc(CN2CCCCC2)ccc1N. The normalized spacial score (nSPS) is 14.3. The van der Waals surface area contributed by atoms with Crippen LogP contribution in [-0.4, -0.2) is 41.4 Å². The maximum absolute atomic E-state index is 10.4. The number of aliphatic hydroxyl groups is 1. The minimum atomic E-state index is 0.170. The number of hydrogen-bond acceptors (Lipinski definition) is 6. The molecule has 5 N–H and O–H groups in total. The van der Waals surface area contributed by atoms with Gasteiger partial charge in [-0.3, -0.25) is 4.90 Å². The van der Waals surface area contributed by atoms with Gasteiger partial charge in [0.25, 0.3) is 0 Å². The van der Waals surface area contributed by atoms with E-state index in [0.717, 1.165) is 42.9 Å². The fourth-order valence-corrected chi connectivity index (χ4v) is 4.19. The first-order chi connectivity index (χ1) is 17.4. The van der Waals surface area contributed by atoms with Gasteiger partial charge in [-0.15, -0.1) is 0 Å². The second-order valence-electron chi connectivity index (χ2n) is 9.70. The van der Waals surface area contributed by atoms with E-state index in [9.17, 15) is 10.2 Å². The van der Waals surface area contributed by atoms with E-state index >= 15 is 0 Å². The predicted octanol–water partition coefficient (Wildman–Crippen LogP) is 6.90. The molecule has 0 aliphatic carbocycles. The molecule has 1 aliphatic heterocycles. The average Bonchev–Trinajstić information content (AvgIpc) is 2.87. The van der Waals surface area contributed by atoms with E-state index in [-0.39, 0.29) is 11.5 Å². The molecule has 1 aliphatic rings. The Morgan fingerprint density at radius 1 is 1.11 bits per heavy atom. The summed E-state index contributed by atoms with van der Waals surface area (Å²) in [6.07, 6.45) is 7.71. The third-order valence-corrected chi connectivity index (χ3v) is 6.04. The molecular weight excluding hydrogens is 450 g/mol. The number of phenols is 1. The lowest BCUT2D eigenvalue weighted by Crippen LogP contribution is -2.29. The molecule has 36 heavy (non-hydrogen) atoms. The highest BCUT2D eigenvalue weighted by Crippen LogP contribution is 2.26. The molecule has 1 heterocycles. The van der Waals surface area contributed by atoms with Crippen molar-refractivity contribution in [3.63, 3.8) is 0 Å². The molecule has 3 rings (SSSR count). The molecular formula is C30H47N3O3. The minimum Gasteiger partial charge on any atom is -0.512 e. The highest BCUT2D eigenvalue weighted by atomic mass is 16.5. The van der Waals surface area contributed by atoms with E-state index in [2.05, 4.69) is 36.2 Å². The van der Waals surface area contributed by atoms with Gasteiger partial charge in [0.1, 0.15) is 11.5 Å². The highest BCUT2D eigenvalue weighted by molar-refractivity contribution is 5.67. The van der Waals surface area contributed by atoms with Gasteiger partial charge < -0.3 is 26.0 Å². The lowest BCUT2D eigenvalue weighted by Gasteiger charge is -2.26. The predicted molar refractivity (Wildman–Crippen MR) is 152 cm³/mol. The van der Waals surface area contributed by atoms with Gasteiger partial charge in [0, 0.05) is 25.1 Å². The summed E-state index contributed by atoms with van der Waals surface area (Å²) in [5.74, 6) is 1.55. The first-order valence-electron chi connectivity index (χ1n) is 13.6. The van der Waals surface area contributed by atoms with E-state index < -0.39 is 0 Å². The number of piperidine rings is 1. The lowest BCUT2D eigenvalue weighted by atomic mass is 10.1. The van der Waals surface area contributed by atoms with Gasteiger partial charge >= 0.3 is 0 Å². The number of hydrogen-bond donors (Lipinski definition) is 4. The summed E-state index contributed by atoms with van der Waals surface area (Å²) >= 11 is 0. The molecule has 6 nitrogen and oxygen atoms in total. The topological polar surface area (TPSA) is 91.0 Å². The number of rotatable bonds is 12. The molecule has 200 valence electrons. The van der Waals surface area contributed by atoms with Crippen LogP contribution in [0.5, 0.6) is 11.5 Å². The molecule has 1 fully saturated rings. The van der Waals surface area contributed by atoms with Crippen LogP contribution in [0.15, 0.2) is 48.2 Å². The number of anilines is 2. The molecule has 6 heteroatoms. The molecule has 2 aromatic rings. The number of aromatic hydroxyl groups is 1. The Bertz CT molecular complexity index is 937. The molecule has 1 saturated heterocycles. The zero-order valence-corrected chi connectivity index (χ0v) is 22.7. The Labute approximate surface area is 218 Å². The fourth-order valence-electron chi connectivity index (χ4n) is 4.19. The summed E-state index contributed by atoms with van der Waals surface area (Å²) in [4.78, 5) is 2.51. The van der Waals surface area contributed by atoms with Crippen molar-refractivity contribution in [1.29, 1.82) is 0 Å². The van der Waals surface area contributed by atoms with Gasteiger partial charge in [0.2, 0.25) is 0 Å². The van der Waals surface area contributed by atoms with E-state index in [0.29, 0.717) is 24.7 Å². The van der Waals surface area contributed by atoms with Crippen LogP contribution in [0.2, 0.25) is 0 Å².